The zero-order chi connectivity index (χ0) is 20.9. The summed E-state index contributed by atoms with van der Waals surface area (Å²) in [5, 5.41) is 13.8. The van der Waals surface area contributed by atoms with Crippen molar-refractivity contribution in [3.63, 3.8) is 0 Å². The van der Waals surface area contributed by atoms with Gasteiger partial charge in [0.15, 0.2) is 5.96 Å². The third-order valence-corrected chi connectivity index (χ3v) is 6.53. The maximum absolute atomic E-state index is 12.7. The minimum absolute atomic E-state index is 0.411. The molecule has 3 rings (SSSR count). The third kappa shape index (κ3) is 6.26. The molecule has 2 heterocycles. The summed E-state index contributed by atoms with van der Waals surface area (Å²) in [7, 11) is 0. The lowest BCUT2D eigenvalue weighted by molar-refractivity contribution is -0.137. The SMILES string of the molecule is CCNC(=NCC1(O)CCSC1)N1CCN(Cc2ccc(C(F)(F)F)cc2)CC1. The molecule has 1 atom stereocenters. The first-order valence-corrected chi connectivity index (χ1v) is 11.2. The molecule has 2 aliphatic rings. The largest absolute Gasteiger partial charge is 0.416 e. The van der Waals surface area contributed by atoms with E-state index in [4.69, 9.17) is 0 Å². The van der Waals surface area contributed by atoms with Crippen molar-refractivity contribution in [3.8, 4) is 0 Å². The molecule has 2 saturated heterocycles. The number of aliphatic imine (C=N–C) groups is 1. The van der Waals surface area contributed by atoms with E-state index in [9.17, 15) is 18.3 Å². The molecule has 0 radical (unpaired) electrons. The Morgan fingerprint density at radius 2 is 1.90 bits per heavy atom. The van der Waals surface area contributed by atoms with E-state index in [1.54, 1.807) is 23.9 Å². The highest BCUT2D eigenvalue weighted by molar-refractivity contribution is 7.99. The van der Waals surface area contributed by atoms with E-state index < -0.39 is 17.3 Å². The highest BCUT2D eigenvalue weighted by atomic mass is 32.2. The van der Waals surface area contributed by atoms with Crippen LogP contribution in [0.25, 0.3) is 0 Å². The van der Waals surface area contributed by atoms with Crippen molar-refractivity contribution in [2.24, 2.45) is 4.99 Å². The summed E-state index contributed by atoms with van der Waals surface area (Å²) in [6.45, 7) is 7.04. The molecule has 0 spiro atoms. The smallest absolute Gasteiger partial charge is 0.387 e. The number of hydrogen-bond donors (Lipinski definition) is 2. The van der Waals surface area contributed by atoms with E-state index in [0.717, 1.165) is 74.3 Å². The van der Waals surface area contributed by atoms with Crippen LogP contribution in [-0.2, 0) is 12.7 Å². The van der Waals surface area contributed by atoms with Crippen LogP contribution in [0.4, 0.5) is 13.2 Å². The minimum atomic E-state index is -4.30. The molecule has 2 fully saturated rings. The average molecular weight is 431 g/mol. The number of nitrogens with one attached hydrogen (secondary N) is 1. The highest BCUT2D eigenvalue weighted by Gasteiger charge is 2.32. The number of guanidine groups is 1. The van der Waals surface area contributed by atoms with Gasteiger partial charge in [0.2, 0.25) is 0 Å². The zero-order valence-corrected chi connectivity index (χ0v) is 17.5. The van der Waals surface area contributed by atoms with Crippen LogP contribution in [0.2, 0.25) is 0 Å². The van der Waals surface area contributed by atoms with Crippen molar-refractivity contribution in [1.29, 1.82) is 0 Å². The molecule has 29 heavy (non-hydrogen) atoms. The predicted octanol–water partition coefficient (Wildman–Crippen LogP) is 2.66. The van der Waals surface area contributed by atoms with Gasteiger partial charge in [-0.1, -0.05) is 12.1 Å². The number of halogens is 3. The predicted molar refractivity (Wildman–Crippen MR) is 111 cm³/mol. The van der Waals surface area contributed by atoms with Crippen LogP contribution in [0.1, 0.15) is 24.5 Å². The Bertz CT molecular complexity index is 682. The van der Waals surface area contributed by atoms with Crippen molar-refractivity contribution in [2.75, 3.05) is 50.8 Å². The van der Waals surface area contributed by atoms with Gasteiger partial charge in [-0.2, -0.15) is 24.9 Å². The normalized spacial score (nSPS) is 24.2. The Kier molecular flexibility index (Phi) is 7.34. The number of thioether (sulfide) groups is 1. The monoisotopic (exact) mass is 430 g/mol. The van der Waals surface area contributed by atoms with Gasteiger partial charge in [-0.25, -0.2) is 0 Å². The summed E-state index contributed by atoms with van der Waals surface area (Å²) in [6.07, 6.45) is -3.52. The zero-order valence-electron chi connectivity index (χ0n) is 16.7. The number of hydrogen-bond acceptors (Lipinski definition) is 4. The molecule has 1 unspecified atom stereocenters. The van der Waals surface area contributed by atoms with Crippen LogP contribution in [-0.4, -0.2) is 77.2 Å². The molecule has 0 saturated carbocycles. The van der Waals surface area contributed by atoms with Crippen LogP contribution in [0.5, 0.6) is 0 Å². The fraction of sp³-hybridized carbons (Fsp3) is 0.650. The first kappa shape index (κ1) is 22.2. The second kappa shape index (κ2) is 9.57. The number of alkyl halides is 3. The van der Waals surface area contributed by atoms with Gasteiger partial charge in [-0.15, -0.1) is 0 Å². The van der Waals surface area contributed by atoms with E-state index in [0.29, 0.717) is 13.1 Å². The van der Waals surface area contributed by atoms with Gasteiger partial charge in [0.05, 0.1) is 17.7 Å². The Labute approximate surface area is 174 Å². The first-order chi connectivity index (χ1) is 13.8. The second-order valence-electron chi connectivity index (χ2n) is 7.65. The molecular formula is C20H29F3N4OS. The third-order valence-electron chi connectivity index (χ3n) is 5.30. The van der Waals surface area contributed by atoms with Crippen LogP contribution in [0.3, 0.4) is 0 Å². The lowest BCUT2D eigenvalue weighted by Crippen LogP contribution is -2.52. The molecule has 1 aromatic carbocycles. The molecule has 0 amide bonds. The van der Waals surface area contributed by atoms with Gasteiger partial charge in [0.1, 0.15) is 0 Å². The number of nitrogens with zero attached hydrogens (tertiary/aromatic N) is 3. The molecule has 0 aliphatic carbocycles. The topological polar surface area (TPSA) is 51.1 Å². The van der Waals surface area contributed by atoms with E-state index in [2.05, 4.69) is 20.1 Å². The lowest BCUT2D eigenvalue weighted by Gasteiger charge is -2.37. The van der Waals surface area contributed by atoms with Gasteiger partial charge >= 0.3 is 6.18 Å². The number of rotatable bonds is 5. The van der Waals surface area contributed by atoms with E-state index in [1.807, 2.05) is 6.92 Å². The fourth-order valence-corrected chi connectivity index (χ4v) is 4.83. The molecule has 162 valence electrons. The van der Waals surface area contributed by atoms with Crippen LogP contribution in [0.15, 0.2) is 29.3 Å². The Morgan fingerprint density at radius 1 is 1.21 bits per heavy atom. The molecule has 0 aromatic heterocycles. The maximum Gasteiger partial charge on any atom is 0.416 e. The van der Waals surface area contributed by atoms with Gasteiger partial charge in [-0.3, -0.25) is 9.89 Å². The molecule has 2 N–H and O–H groups in total. The van der Waals surface area contributed by atoms with Crippen LogP contribution in [0, 0.1) is 0 Å². The summed E-state index contributed by atoms with van der Waals surface area (Å²) in [4.78, 5) is 9.11. The van der Waals surface area contributed by atoms with Crippen LogP contribution < -0.4 is 5.32 Å². The van der Waals surface area contributed by atoms with Crippen molar-refractivity contribution < 1.29 is 18.3 Å². The van der Waals surface area contributed by atoms with Crippen molar-refractivity contribution in [2.45, 2.75) is 31.7 Å². The molecule has 2 aliphatic heterocycles. The lowest BCUT2D eigenvalue weighted by atomic mass is 10.0. The standard InChI is InChI=1S/C20H29F3N4OS/c1-2-24-18(25-14-19(28)7-12-29-15-19)27-10-8-26(9-11-27)13-16-3-5-17(6-4-16)20(21,22)23/h3-6,28H,2,7-15H2,1H3,(H,24,25). The summed E-state index contributed by atoms with van der Waals surface area (Å²) in [6, 6.07) is 5.41. The Hall–Kier alpha value is -1.45. The number of aliphatic hydroxyl groups is 1. The molecule has 5 nitrogen and oxygen atoms in total. The van der Waals surface area contributed by atoms with Gasteiger partial charge in [0, 0.05) is 45.0 Å². The molecule has 9 heteroatoms. The summed E-state index contributed by atoms with van der Waals surface area (Å²) in [5.41, 5.74) is -0.428. The van der Waals surface area contributed by atoms with Gasteiger partial charge < -0.3 is 15.3 Å². The van der Waals surface area contributed by atoms with Crippen molar-refractivity contribution >= 4 is 17.7 Å². The summed E-state index contributed by atoms with van der Waals surface area (Å²) >= 11 is 1.76. The Morgan fingerprint density at radius 3 is 2.45 bits per heavy atom. The highest BCUT2D eigenvalue weighted by Crippen LogP contribution is 2.29. The number of piperazine rings is 1. The Balaban J connectivity index is 1.52. The summed E-state index contributed by atoms with van der Waals surface area (Å²) in [5.74, 6) is 2.54. The minimum Gasteiger partial charge on any atom is -0.387 e. The first-order valence-electron chi connectivity index (χ1n) is 10.0. The maximum atomic E-state index is 12.7. The number of benzene rings is 1. The summed E-state index contributed by atoms with van der Waals surface area (Å²) < 4.78 is 38.1. The second-order valence-corrected chi connectivity index (χ2v) is 8.76. The van der Waals surface area contributed by atoms with Crippen LogP contribution >= 0.6 is 11.8 Å². The quantitative estimate of drug-likeness (QED) is 0.556. The fourth-order valence-electron chi connectivity index (χ4n) is 3.54. The van der Waals surface area contributed by atoms with Crippen molar-refractivity contribution in [1.82, 2.24) is 15.1 Å². The average Bonchev–Trinajstić information content (AvgIpc) is 3.12. The van der Waals surface area contributed by atoms with E-state index in [1.165, 1.54) is 0 Å². The van der Waals surface area contributed by atoms with Crippen molar-refractivity contribution in [3.05, 3.63) is 35.4 Å². The molecule has 0 bridgehead atoms. The molecule has 1 aromatic rings. The van der Waals surface area contributed by atoms with Gasteiger partial charge in [0.25, 0.3) is 0 Å². The van der Waals surface area contributed by atoms with Gasteiger partial charge in [-0.05, 0) is 36.8 Å². The van der Waals surface area contributed by atoms with E-state index >= 15 is 0 Å². The molecular weight excluding hydrogens is 401 g/mol. The van der Waals surface area contributed by atoms with E-state index in [-0.39, 0.29) is 0 Å².